The predicted octanol–water partition coefficient (Wildman–Crippen LogP) is 2.67. The molecular weight excluding hydrogens is 254 g/mol. The monoisotopic (exact) mass is 273 g/mol. The third-order valence-electron chi connectivity index (χ3n) is 4.19. The molecule has 2 aromatic rings. The maximum absolute atomic E-state index is 5.86. The molecule has 2 N–H and O–H groups in total. The fraction of sp³-hybridized carbons (Fsp3) is 0.400. The number of anilines is 1. The number of hydrogen-bond donors (Lipinski definition) is 1. The van der Waals surface area contributed by atoms with Crippen molar-refractivity contribution in [1.29, 1.82) is 0 Å². The standard InChI is InChI=1S/C15H19N3S/c1-18(2)15(11-6-4-3-5-7-11)9-8-12-13(10-15)19-14(16)17-12/h3-7H,8-10H2,1-2H3,(H2,16,17). The Labute approximate surface area is 118 Å². The third kappa shape index (κ3) is 2.05. The number of aromatic nitrogens is 1. The molecule has 1 aliphatic rings. The van der Waals surface area contributed by atoms with Crippen LogP contribution in [0, 0.1) is 0 Å². The third-order valence-corrected chi connectivity index (χ3v) is 5.12. The molecule has 0 bridgehead atoms. The molecule has 4 heteroatoms. The highest BCUT2D eigenvalue weighted by Gasteiger charge is 2.39. The SMILES string of the molecule is CN(C)C1(c2ccccc2)CCc2nc(N)sc2C1. The first-order valence-corrected chi connectivity index (χ1v) is 7.40. The second-order valence-corrected chi connectivity index (χ2v) is 6.51. The van der Waals surface area contributed by atoms with Gasteiger partial charge < -0.3 is 5.73 Å². The summed E-state index contributed by atoms with van der Waals surface area (Å²) in [6.45, 7) is 0. The number of nitrogen functional groups attached to an aromatic ring is 1. The van der Waals surface area contributed by atoms with Crippen LogP contribution < -0.4 is 5.73 Å². The van der Waals surface area contributed by atoms with E-state index in [1.807, 2.05) is 0 Å². The summed E-state index contributed by atoms with van der Waals surface area (Å²) in [5, 5.41) is 0.701. The molecule has 1 unspecified atom stereocenters. The minimum Gasteiger partial charge on any atom is -0.375 e. The first-order valence-electron chi connectivity index (χ1n) is 6.59. The van der Waals surface area contributed by atoms with Crippen molar-refractivity contribution in [2.45, 2.75) is 24.8 Å². The average molecular weight is 273 g/mol. The molecule has 1 aromatic heterocycles. The minimum absolute atomic E-state index is 0.0766. The van der Waals surface area contributed by atoms with Crippen molar-refractivity contribution in [1.82, 2.24) is 9.88 Å². The summed E-state index contributed by atoms with van der Waals surface area (Å²) in [4.78, 5) is 8.14. The van der Waals surface area contributed by atoms with Gasteiger partial charge in [-0.25, -0.2) is 4.98 Å². The van der Waals surface area contributed by atoms with Crippen molar-refractivity contribution in [3.63, 3.8) is 0 Å². The van der Waals surface area contributed by atoms with Crippen molar-refractivity contribution in [2.75, 3.05) is 19.8 Å². The lowest BCUT2D eigenvalue weighted by Gasteiger charge is -2.43. The van der Waals surface area contributed by atoms with Crippen LogP contribution in [0.4, 0.5) is 5.13 Å². The molecule has 0 spiro atoms. The highest BCUT2D eigenvalue weighted by atomic mass is 32.1. The van der Waals surface area contributed by atoms with Gasteiger partial charge in [0.05, 0.1) is 11.2 Å². The Balaban J connectivity index is 2.05. The van der Waals surface area contributed by atoms with E-state index in [1.165, 1.54) is 16.1 Å². The summed E-state index contributed by atoms with van der Waals surface area (Å²) in [6, 6.07) is 10.8. The summed E-state index contributed by atoms with van der Waals surface area (Å²) in [5.41, 5.74) is 8.52. The largest absolute Gasteiger partial charge is 0.375 e. The van der Waals surface area contributed by atoms with Gasteiger partial charge in [0, 0.05) is 11.3 Å². The zero-order valence-corrected chi connectivity index (χ0v) is 12.2. The van der Waals surface area contributed by atoms with E-state index in [4.69, 9.17) is 5.73 Å². The number of fused-ring (bicyclic) bond motifs is 1. The first-order chi connectivity index (χ1) is 9.12. The molecule has 0 saturated heterocycles. The van der Waals surface area contributed by atoms with Gasteiger partial charge in [0.25, 0.3) is 0 Å². The van der Waals surface area contributed by atoms with Crippen LogP contribution in [-0.2, 0) is 18.4 Å². The first kappa shape index (κ1) is 12.6. The maximum Gasteiger partial charge on any atom is 0.180 e. The molecule has 0 aliphatic heterocycles. The summed E-state index contributed by atoms with van der Waals surface area (Å²) < 4.78 is 0. The Morgan fingerprint density at radius 1 is 1.26 bits per heavy atom. The average Bonchev–Trinajstić information content (AvgIpc) is 2.78. The topological polar surface area (TPSA) is 42.2 Å². The second kappa shape index (κ2) is 4.62. The Bertz CT molecular complexity index is 576. The second-order valence-electron chi connectivity index (χ2n) is 5.39. The zero-order chi connectivity index (χ0) is 13.5. The van der Waals surface area contributed by atoms with E-state index in [1.54, 1.807) is 11.3 Å². The van der Waals surface area contributed by atoms with Gasteiger partial charge in [0.1, 0.15) is 0 Å². The van der Waals surface area contributed by atoms with Crippen molar-refractivity contribution in [2.24, 2.45) is 0 Å². The zero-order valence-electron chi connectivity index (χ0n) is 11.4. The number of rotatable bonds is 2. The Hall–Kier alpha value is -1.39. The van der Waals surface area contributed by atoms with Crippen LogP contribution in [0.3, 0.4) is 0 Å². The number of benzene rings is 1. The molecular formula is C15H19N3S. The molecule has 0 amide bonds. The van der Waals surface area contributed by atoms with E-state index in [2.05, 4.69) is 54.3 Å². The minimum atomic E-state index is 0.0766. The van der Waals surface area contributed by atoms with E-state index >= 15 is 0 Å². The van der Waals surface area contributed by atoms with Crippen molar-refractivity contribution < 1.29 is 0 Å². The Morgan fingerprint density at radius 3 is 2.68 bits per heavy atom. The van der Waals surface area contributed by atoms with Gasteiger partial charge in [-0.05, 0) is 32.5 Å². The number of aryl methyl sites for hydroxylation is 1. The van der Waals surface area contributed by atoms with Gasteiger partial charge in [-0.15, -0.1) is 11.3 Å². The number of nitrogens with zero attached hydrogens (tertiary/aromatic N) is 2. The fourth-order valence-corrected chi connectivity index (χ4v) is 4.04. The number of thiazole rings is 1. The van der Waals surface area contributed by atoms with Gasteiger partial charge in [0.15, 0.2) is 5.13 Å². The lowest BCUT2D eigenvalue weighted by atomic mass is 9.77. The predicted molar refractivity (Wildman–Crippen MR) is 80.4 cm³/mol. The van der Waals surface area contributed by atoms with Gasteiger partial charge in [-0.1, -0.05) is 30.3 Å². The van der Waals surface area contributed by atoms with Crippen molar-refractivity contribution in [3.05, 3.63) is 46.5 Å². The van der Waals surface area contributed by atoms with Gasteiger partial charge in [-0.2, -0.15) is 0 Å². The van der Waals surface area contributed by atoms with E-state index < -0.39 is 0 Å². The van der Waals surface area contributed by atoms with Gasteiger partial charge >= 0.3 is 0 Å². The lowest BCUT2D eigenvalue weighted by Crippen LogP contribution is -2.45. The fourth-order valence-electron chi connectivity index (χ4n) is 3.05. The van der Waals surface area contributed by atoms with Gasteiger partial charge in [0.2, 0.25) is 0 Å². The molecule has 100 valence electrons. The van der Waals surface area contributed by atoms with E-state index in [-0.39, 0.29) is 5.54 Å². The summed E-state index contributed by atoms with van der Waals surface area (Å²) in [7, 11) is 4.34. The molecule has 3 rings (SSSR count). The number of likely N-dealkylation sites (N-methyl/N-ethyl adjacent to an activating group) is 1. The smallest absolute Gasteiger partial charge is 0.180 e. The summed E-state index contributed by atoms with van der Waals surface area (Å²) in [5.74, 6) is 0. The van der Waals surface area contributed by atoms with Crippen LogP contribution >= 0.6 is 11.3 Å². The van der Waals surface area contributed by atoms with Crippen LogP contribution in [0.15, 0.2) is 30.3 Å². The molecule has 1 aliphatic carbocycles. The molecule has 0 radical (unpaired) electrons. The van der Waals surface area contributed by atoms with Crippen LogP contribution in [0.1, 0.15) is 22.6 Å². The molecule has 1 aromatic carbocycles. The highest BCUT2D eigenvalue weighted by Crippen LogP contribution is 2.42. The van der Waals surface area contributed by atoms with Crippen molar-refractivity contribution in [3.8, 4) is 0 Å². The normalized spacial score (nSPS) is 22.5. The maximum atomic E-state index is 5.86. The van der Waals surface area contributed by atoms with Crippen LogP contribution in [0.2, 0.25) is 0 Å². The summed E-state index contributed by atoms with van der Waals surface area (Å²) in [6.07, 6.45) is 3.12. The molecule has 1 atom stereocenters. The van der Waals surface area contributed by atoms with Gasteiger partial charge in [-0.3, -0.25) is 4.90 Å². The Morgan fingerprint density at radius 2 is 2.00 bits per heavy atom. The molecule has 0 fully saturated rings. The van der Waals surface area contributed by atoms with Crippen LogP contribution in [0.25, 0.3) is 0 Å². The van der Waals surface area contributed by atoms with E-state index in [0.717, 1.165) is 19.3 Å². The molecule has 19 heavy (non-hydrogen) atoms. The van der Waals surface area contributed by atoms with Crippen LogP contribution in [-0.4, -0.2) is 24.0 Å². The number of nitrogens with two attached hydrogens (primary N) is 1. The van der Waals surface area contributed by atoms with E-state index in [9.17, 15) is 0 Å². The van der Waals surface area contributed by atoms with E-state index in [0.29, 0.717) is 5.13 Å². The highest BCUT2D eigenvalue weighted by molar-refractivity contribution is 7.15. The lowest BCUT2D eigenvalue weighted by molar-refractivity contribution is 0.131. The quantitative estimate of drug-likeness (QED) is 0.914. The summed E-state index contributed by atoms with van der Waals surface area (Å²) >= 11 is 1.64. The Kier molecular flexibility index (Phi) is 3.07. The molecule has 0 saturated carbocycles. The molecule has 3 nitrogen and oxygen atoms in total. The van der Waals surface area contributed by atoms with Crippen molar-refractivity contribution >= 4 is 16.5 Å². The number of hydrogen-bond acceptors (Lipinski definition) is 4. The molecule has 1 heterocycles. The van der Waals surface area contributed by atoms with Crippen LogP contribution in [0.5, 0.6) is 0 Å².